The third-order valence-corrected chi connectivity index (χ3v) is 5.32. The van der Waals surface area contributed by atoms with Crippen molar-refractivity contribution in [2.45, 2.75) is 38.6 Å². The van der Waals surface area contributed by atoms with Gasteiger partial charge < -0.3 is 10.2 Å². The van der Waals surface area contributed by atoms with E-state index in [0.717, 1.165) is 17.1 Å². The number of hydrogen-bond donors (Lipinski definition) is 1. The normalized spacial score (nSPS) is 11.6. The van der Waals surface area contributed by atoms with Gasteiger partial charge in [0.25, 0.3) is 0 Å². The van der Waals surface area contributed by atoms with Gasteiger partial charge in [-0.1, -0.05) is 60.7 Å². The fraction of sp³-hybridized carbons (Fsp3) is 0.364. The molecule has 0 aliphatic carbocycles. The number of hydrogen-bond acceptors (Lipinski definition) is 3. The van der Waals surface area contributed by atoms with Gasteiger partial charge in [0.15, 0.2) is 0 Å². The van der Waals surface area contributed by atoms with E-state index in [-0.39, 0.29) is 11.8 Å². The number of nitrogens with one attached hydrogen (secondary N) is 1. The summed E-state index contributed by atoms with van der Waals surface area (Å²) in [4.78, 5) is 26.8. The van der Waals surface area contributed by atoms with Crippen LogP contribution in [0.15, 0.2) is 60.7 Å². The molecule has 0 aromatic heterocycles. The Morgan fingerprint density at radius 2 is 1.59 bits per heavy atom. The van der Waals surface area contributed by atoms with E-state index in [2.05, 4.69) is 17.4 Å². The van der Waals surface area contributed by atoms with Gasteiger partial charge in [-0.3, -0.25) is 9.59 Å². The van der Waals surface area contributed by atoms with Crippen LogP contribution in [0.1, 0.15) is 31.4 Å². The number of benzene rings is 2. The first kappa shape index (κ1) is 21.0. The predicted molar refractivity (Wildman–Crippen MR) is 112 cm³/mol. The summed E-state index contributed by atoms with van der Waals surface area (Å²) in [6, 6.07) is 19.6. The molecule has 2 aromatic rings. The highest BCUT2D eigenvalue weighted by atomic mass is 32.2. The molecule has 5 heteroatoms. The van der Waals surface area contributed by atoms with E-state index >= 15 is 0 Å². The second-order valence-electron chi connectivity index (χ2n) is 6.37. The lowest BCUT2D eigenvalue weighted by Gasteiger charge is -2.28. The summed E-state index contributed by atoms with van der Waals surface area (Å²) in [5.74, 6) is 1.52. The van der Waals surface area contributed by atoms with Gasteiger partial charge in [0.05, 0.1) is 0 Å². The SMILES string of the molecule is CCNC(=O)C(C)N(Cc1ccccc1)C(=O)CCSCc1ccccc1. The summed E-state index contributed by atoms with van der Waals surface area (Å²) >= 11 is 1.74. The number of carbonyl (C=O) groups is 2. The molecule has 2 rings (SSSR count). The quantitative estimate of drug-likeness (QED) is 0.633. The smallest absolute Gasteiger partial charge is 0.242 e. The van der Waals surface area contributed by atoms with Crippen LogP contribution in [0, 0.1) is 0 Å². The molecule has 1 N–H and O–H groups in total. The topological polar surface area (TPSA) is 49.4 Å². The minimum absolute atomic E-state index is 0.0122. The van der Waals surface area contributed by atoms with E-state index in [1.807, 2.05) is 55.5 Å². The molecule has 0 spiro atoms. The third kappa shape index (κ3) is 7.10. The second kappa shape index (κ2) is 11.4. The Hall–Kier alpha value is -2.27. The lowest BCUT2D eigenvalue weighted by molar-refractivity contribution is -0.140. The zero-order valence-electron chi connectivity index (χ0n) is 16.1. The largest absolute Gasteiger partial charge is 0.355 e. The molecule has 27 heavy (non-hydrogen) atoms. The van der Waals surface area contributed by atoms with E-state index in [9.17, 15) is 9.59 Å². The van der Waals surface area contributed by atoms with Crippen LogP contribution in [0.25, 0.3) is 0 Å². The maximum atomic E-state index is 12.8. The standard InChI is InChI=1S/C22H28N2O2S/c1-3-23-22(26)18(2)24(16-19-10-6-4-7-11-19)21(25)14-15-27-17-20-12-8-5-9-13-20/h4-13,18H,3,14-17H2,1-2H3,(H,23,26). The number of carbonyl (C=O) groups excluding carboxylic acids is 2. The van der Waals surface area contributed by atoms with E-state index in [1.54, 1.807) is 23.6 Å². The van der Waals surface area contributed by atoms with Gasteiger partial charge in [-0.2, -0.15) is 11.8 Å². The van der Waals surface area contributed by atoms with Gasteiger partial charge in [-0.15, -0.1) is 0 Å². The molecule has 0 saturated carbocycles. The first-order valence-electron chi connectivity index (χ1n) is 9.34. The molecule has 1 atom stereocenters. The van der Waals surface area contributed by atoms with Crippen molar-refractivity contribution in [3.8, 4) is 0 Å². The molecule has 0 aliphatic rings. The van der Waals surface area contributed by atoms with Crippen LogP contribution >= 0.6 is 11.8 Å². The third-order valence-electron chi connectivity index (χ3n) is 4.29. The van der Waals surface area contributed by atoms with E-state index in [1.165, 1.54) is 5.56 Å². The van der Waals surface area contributed by atoms with Crippen molar-refractivity contribution in [2.24, 2.45) is 0 Å². The minimum atomic E-state index is -0.489. The zero-order valence-corrected chi connectivity index (χ0v) is 16.9. The fourth-order valence-electron chi connectivity index (χ4n) is 2.75. The molecular weight excluding hydrogens is 356 g/mol. The number of likely N-dealkylation sites (N-methyl/N-ethyl adjacent to an activating group) is 1. The Balaban J connectivity index is 1.94. The van der Waals surface area contributed by atoms with Crippen molar-refractivity contribution >= 4 is 23.6 Å². The van der Waals surface area contributed by atoms with Crippen LogP contribution in [0.5, 0.6) is 0 Å². The van der Waals surface area contributed by atoms with Crippen LogP contribution in [-0.4, -0.2) is 35.1 Å². The molecule has 0 fully saturated rings. The Morgan fingerprint density at radius 3 is 2.19 bits per heavy atom. The van der Waals surface area contributed by atoms with Crippen LogP contribution in [-0.2, 0) is 21.9 Å². The molecule has 4 nitrogen and oxygen atoms in total. The Morgan fingerprint density at radius 1 is 1.00 bits per heavy atom. The molecule has 0 aliphatic heterocycles. The number of rotatable bonds is 10. The van der Waals surface area contributed by atoms with Gasteiger partial charge in [-0.25, -0.2) is 0 Å². The molecule has 0 heterocycles. The lowest BCUT2D eigenvalue weighted by atomic mass is 10.1. The van der Waals surface area contributed by atoms with Gasteiger partial charge >= 0.3 is 0 Å². The van der Waals surface area contributed by atoms with Crippen LogP contribution in [0.2, 0.25) is 0 Å². The highest BCUT2D eigenvalue weighted by Crippen LogP contribution is 2.16. The summed E-state index contributed by atoms with van der Waals surface area (Å²) < 4.78 is 0. The summed E-state index contributed by atoms with van der Waals surface area (Å²) in [5, 5.41) is 2.82. The first-order chi connectivity index (χ1) is 13.1. The second-order valence-corrected chi connectivity index (χ2v) is 7.47. The Kier molecular flexibility index (Phi) is 8.92. The predicted octanol–water partition coefficient (Wildman–Crippen LogP) is 3.86. The minimum Gasteiger partial charge on any atom is -0.355 e. The molecule has 0 bridgehead atoms. The van der Waals surface area contributed by atoms with Crippen LogP contribution < -0.4 is 5.32 Å². The fourth-order valence-corrected chi connectivity index (χ4v) is 3.64. The summed E-state index contributed by atoms with van der Waals surface area (Å²) in [6.45, 7) is 4.68. The zero-order chi connectivity index (χ0) is 19.5. The van der Waals surface area contributed by atoms with Crippen molar-refractivity contribution in [3.63, 3.8) is 0 Å². The van der Waals surface area contributed by atoms with E-state index in [4.69, 9.17) is 0 Å². The average molecular weight is 385 g/mol. The molecule has 144 valence electrons. The van der Waals surface area contributed by atoms with Crippen molar-refractivity contribution < 1.29 is 9.59 Å². The Labute approximate surface area is 166 Å². The molecule has 0 radical (unpaired) electrons. The molecule has 0 saturated heterocycles. The monoisotopic (exact) mass is 384 g/mol. The molecule has 2 amide bonds. The van der Waals surface area contributed by atoms with Gasteiger partial charge in [0.1, 0.15) is 6.04 Å². The van der Waals surface area contributed by atoms with Crippen LogP contribution in [0.3, 0.4) is 0 Å². The maximum absolute atomic E-state index is 12.8. The average Bonchev–Trinajstić information content (AvgIpc) is 2.70. The summed E-state index contributed by atoms with van der Waals surface area (Å²) in [7, 11) is 0. The number of amides is 2. The van der Waals surface area contributed by atoms with Gasteiger partial charge in [-0.05, 0) is 25.0 Å². The molecular formula is C22H28N2O2S. The molecule has 1 unspecified atom stereocenters. The molecule has 2 aromatic carbocycles. The highest BCUT2D eigenvalue weighted by molar-refractivity contribution is 7.98. The van der Waals surface area contributed by atoms with E-state index < -0.39 is 6.04 Å². The van der Waals surface area contributed by atoms with Crippen molar-refractivity contribution in [2.75, 3.05) is 12.3 Å². The summed E-state index contributed by atoms with van der Waals surface area (Å²) in [5.41, 5.74) is 2.28. The lowest BCUT2D eigenvalue weighted by Crippen LogP contribution is -2.47. The van der Waals surface area contributed by atoms with E-state index in [0.29, 0.717) is 19.5 Å². The van der Waals surface area contributed by atoms with Gasteiger partial charge in [0.2, 0.25) is 11.8 Å². The van der Waals surface area contributed by atoms with Crippen molar-refractivity contribution in [1.82, 2.24) is 10.2 Å². The van der Waals surface area contributed by atoms with Crippen molar-refractivity contribution in [1.29, 1.82) is 0 Å². The Bertz CT molecular complexity index is 707. The number of nitrogens with zero attached hydrogens (tertiary/aromatic N) is 1. The number of thioether (sulfide) groups is 1. The first-order valence-corrected chi connectivity index (χ1v) is 10.5. The van der Waals surface area contributed by atoms with Gasteiger partial charge in [0, 0.05) is 31.0 Å². The van der Waals surface area contributed by atoms with Crippen LogP contribution in [0.4, 0.5) is 0 Å². The summed E-state index contributed by atoms with van der Waals surface area (Å²) in [6.07, 6.45) is 0.425. The van der Waals surface area contributed by atoms with Crippen molar-refractivity contribution in [3.05, 3.63) is 71.8 Å². The highest BCUT2D eigenvalue weighted by Gasteiger charge is 2.25. The maximum Gasteiger partial charge on any atom is 0.242 e.